The highest BCUT2D eigenvalue weighted by atomic mass is 35.5. The highest BCUT2D eigenvalue weighted by molar-refractivity contribution is 8.18. The maximum Gasteiger partial charge on any atom is 0.0715 e. The summed E-state index contributed by atoms with van der Waals surface area (Å²) in [5.74, 6) is 0. The lowest BCUT2D eigenvalue weighted by atomic mass is 9.99. The molecule has 4 rings (SSSR count). The van der Waals surface area contributed by atoms with E-state index in [9.17, 15) is 0 Å². The van der Waals surface area contributed by atoms with Crippen molar-refractivity contribution in [3.8, 4) is 0 Å². The van der Waals surface area contributed by atoms with Crippen LogP contribution in [0.15, 0.2) is 87.5 Å². The molecule has 1 atom stereocenters. The molecule has 3 aromatic carbocycles. The first kappa shape index (κ1) is 22.8. The average Bonchev–Trinajstić information content (AvgIpc) is 2.73. The largest absolute Gasteiger partial charge is 0.123 e. The normalized spacial score (nSPS) is 18.3. The van der Waals surface area contributed by atoms with Gasteiger partial charge >= 0.3 is 0 Å². The van der Waals surface area contributed by atoms with Crippen molar-refractivity contribution < 1.29 is 0 Å². The maximum absolute atomic E-state index is 6.12. The third kappa shape index (κ3) is 6.31. The Morgan fingerprint density at radius 3 is 1.53 bits per heavy atom. The number of hydrogen-bond acceptors (Lipinski definition) is 3. The molecular formula is C24H21Cl3S3. The van der Waals surface area contributed by atoms with E-state index in [1.54, 1.807) is 0 Å². The molecule has 0 radical (unpaired) electrons. The van der Waals surface area contributed by atoms with E-state index >= 15 is 0 Å². The molecule has 0 N–H and O–H groups in total. The molecule has 0 saturated heterocycles. The molecule has 1 saturated carbocycles. The van der Waals surface area contributed by atoms with E-state index in [-0.39, 0.29) is 4.08 Å². The Labute approximate surface area is 206 Å². The average molecular weight is 512 g/mol. The third-order valence-electron chi connectivity index (χ3n) is 4.97. The Balaban J connectivity index is 1.57. The molecule has 0 aromatic heterocycles. The summed E-state index contributed by atoms with van der Waals surface area (Å²) in [6.45, 7) is 0. The molecule has 0 aliphatic heterocycles. The summed E-state index contributed by atoms with van der Waals surface area (Å²) in [7, 11) is 0. The van der Waals surface area contributed by atoms with Crippen LogP contribution < -0.4 is 0 Å². The molecule has 0 heterocycles. The summed E-state index contributed by atoms with van der Waals surface area (Å²) in [6.07, 6.45) is 4.75. The van der Waals surface area contributed by atoms with E-state index in [4.69, 9.17) is 34.8 Å². The Kier molecular flexibility index (Phi) is 7.94. The number of rotatable bonds is 6. The monoisotopic (exact) mass is 510 g/mol. The lowest BCUT2D eigenvalue weighted by molar-refractivity contribution is 0.502. The van der Waals surface area contributed by atoms with Gasteiger partial charge in [-0.25, -0.2) is 0 Å². The molecule has 3 aromatic rings. The van der Waals surface area contributed by atoms with E-state index in [1.165, 1.54) is 33.9 Å². The van der Waals surface area contributed by atoms with Crippen molar-refractivity contribution in [1.82, 2.24) is 0 Å². The quantitative estimate of drug-likeness (QED) is 0.302. The highest BCUT2D eigenvalue weighted by Crippen LogP contribution is 2.56. The van der Waals surface area contributed by atoms with Crippen molar-refractivity contribution in [2.24, 2.45) is 0 Å². The van der Waals surface area contributed by atoms with Crippen LogP contribution in [0.1, 0.15) is 25.7 Å². The van der Waals surface area contributed by atoms with Gasteiger partial charge in [0, 0.05) is 35.0 Å². The fourth-order valence-electron chi connectivity index (χ4n) is 3.60. The Bertz CT molecular complexity index is 909. The van der Waals surface area contributed by atoms with Crippen LogP contribution in [-0.2, 0) is 0 Å². The van der Waals surface area contributed by atoms with Gasteiger partial charge in [-0.1, -0.05) is 41.2 Å². The fourth-order valence-corrected chi connectivity index (χ4v) is 8.73. The molecule has 0 bridgehead atoms. The minimum absolute atomic E-state index is 0.0734. The highest BCUT2D eigenvalue weighted by Gasteiger charge is 2.39. The van der Waals surface area contributed by atoms with Gasteiger partial charge < -0.3 is 0 Å². The first-order chi connectivity index (χ1) is 14.5. The number of hydrogen-bond donors (Lipinski definition) is 0. The van der Waals surface area contributed by atoms with Gasteiger partial charge in [-0.2, -0.15) is 0 Å². The first-order valence-corrected chi connectivity index (χ1v) is 13.5. The molecule has 0 spiro atoms. The Morgan fingerprint density at radius 2 is 1.07 bits per heavy atom. The molecule has 0 amide bonds. The van der Waals surface area contributed by atoms with Crippen LogP contribution >= 0.6 is 70.1 Å². The minimum atomic E-state index is 0.0734. The molecule has 30 heavy (non-hydrogen) atoms. The zero-order valence-electron chi connectivity index (χ0n) is 16.2. The second-order valence-corrected chi connectivity index (χ2v) is 13.2. The molecule has 6 heteroatoms. The molecule has 0 nitrogen and oxygen atoms in total. The molecule has 1 fully saturated rings. The second kappa shape index (κ2) is 10.5. The SMILES string of the molecule is Clc1ccc(SC2CCCC(Sc3ccc(Cl)cc3)(Sc3ccc(Cl)cc3)C2)cc1. The summed E-state index contributed by atoms with van der Waals surface area (Å²) in [6, 6.07) is 24.7. The van der Waals surface area contributed by atoms with Crippen LogP contribution in [-0.4, -0.2) is 9.33 Å². The number of benzene rings is 3. The van der Waals surface area contributed by atoms with Gasteiger partial charge in [-0.05, 0) is 92.1 Å². The van der Waals surface area contributed by atoms with Gasteiger partial charge in [0.05, 0.1) is 4.08 Å². The van der Waals surface area contributed by atoms with E-state index in [0.717, 1.165) is 21.5 Å². The topological polar surface area (TPSA) is 0 Å². The number of halogens is 3. The molecule has 1 aliphatic carbocycles. The van der Waals surface area contributed by atoms with Gasteiger partial charge in [-0.3, -0.25) is 0 Å². The van der Waals surface area contributed by atoms with Crippen LogP contribution in [0.4, 0.5) is 0 Å². The van der Waals surface area contributed by atoms with Gasteiger partial charge in [0.25, 0.3) is 0 Å². The van der Waals surface area contributed by atoms with Crippen molar-refractivity contribution >= 4 is 70.1 Å². The fraction of sp³-hybridized carbons (Fsp3) is 0.250. The van der Waals surface area contributed by atoms with E-state index in [0.29, 0.717) is 5.25 Å². The summed E-state index contributed by atoms with van der Waals surface area (Å²) >= 11 is 24.2. The van der Waals surface area contributed by atoms with Crippen molar-refractivity contribution in [2.45, 2.75) is 49.7 Å². The van der Waals surface area contributed by atoms with Gasteiger partial charge in [0.2, 0.25) is 0 Å². The standard InChI is InChI=1S/C24H21Cl3S3/c25-17-3-9-20(10-4-17)28-23-2-1-15-24(16-23,29-21-11-5-18(26)6-12-21)30-22-13-7-19(27)8-14-22/h3-14,23H,1-2,15-16H2. The van der Waals surface area contributed by atoms with Gasteiger partial charge in [0.1, 0.15) is 0 Å². The van der Waals surface area contributed by atoms with Crippen LogP contribution in [0.3, 0.4) is 0 Å². The molecule has 1 aliphatic rings. The van der Waals surface area contributed by atoms with Crippen molar-refractivity contribution in [1.29, 1.82) is 0 Å². The summed E-state index contributed by atoms with van der Waals surface area (Å²) < 4.78 is 0.0734. The Hall–Kier alpha value is -0.420. The van der Waals surface area contributed by atoms with Gasteiger partial charge in [-0.15, -0.1) is 35.3 Å². The maximum atomic E-state index is 6.12. The van der Waals surface area contributed by atoms with Crippen LogP contribution in [0.5, 0.6) is 0 Å². The zero-order chi connectivity index (χ0) is 21.0. The van der Waals surface area contributed by atoms with E-state index in [1.807, 2.05) is 71.7 Å². The predicted octanol–water partition coefficient (Wildman–Crippen LogP) is 9.96. The van der Waals surface area contributed by atoms with Crippen LogP contribution in [0.2, 0.25) is 15.1 Å². The summed E-state index contributed by atoms with van der Waals surface area (Å²) in [5, 5.41) is 2.91. The predicted molar refractivity (Wildman–Crippen MR) is 137 cm³/mol. The van der Waals surface area contributed by atoms with E-state index < -0.39 is 0 Å². The molecule has 156 valence electrons. The first-order valence-electron chi connectivity index (χ1n) is 9.81. The van der Waals surface area contributed by atoms with Crippen molar-refractivity contribution in [3.63, 3.8) is 0 Å². The summed E-state index contributed by atoms with van der Waals surface area (Å²) in [5.41, 5.74) is 0. The van der Waals surface area contributed by atoms with E-state index in [2.05, 4.69) is 36.4 Å². The van der Waals surface area contributed by atoms with Crippen molar-refractivity contribution in [2.75, 3.05) is 0 Å². The second-order valence-electron chi connectivity index (χ2n) is 7.31. The minimum Gasteiger partial charge on any atom is -0.123 e. The third-order valence-corrected chi connectivity index (χ3v) is 10.0. The van der Waals surface area contributed by atoms with Crippen molar-refractivity contribution in [3.05, 3.63) is 87.9 Å². The van der Waals surface area contributed by atoms with Gasteiger partial charge in [0.15, 0.2) is 0 Å². The molecular weight excluding hydrogens is 491 g/mol. The zero-order valence-corrected chi connectivity index (χ0v) is 20.9. The number of thioether (sulfide) groups is 3. The lowest BCUT2D eigenvalue weighted by Crippen LogP contribution is -2.30. The lowest BCUT2D eigenvalue weighted by Gasteiger charge is -2.40. The summed E-state index contributed by atoms with van der Waals surface area (Å²) in [4.78, 5) is 3.81. The van der Waals surface area contributed by atoms with Crippen LogP contribution in [0, 0.1) is 0 Å². The smallest absolute Gasteiger partial charge is 0.0715 e. The Morgan fingerprint density at radius 1 is 0.633 bits per heavy atom. The van der Waals surface area contributed by atoms with Crippen LogP contribution in [0.25, 0.3) is 0 Å². The molecule has 1 unspecified atom stereocenters.